The zero-order valence-electron chi connectivity index (χ0n) is 7.71. The number of nitrogens with zero attached hydrogens (tertiary/aromatic N) is 1. The van der Waals surface area contributed by atoms with Gasteiger partial charge in [0.15, 0.2) is 0 Å². The van der Waals surface area contributed by atoms with Crippen LogP contribution in [0.3, 0.4) is 0 Å². The summed E-state index contributed by atoms with van der Waals surface area (Å²) in [5.41, 5.74) is -0.713. The van der Waals surface area contributed by atoms with Crippen LogP contribution in [-0.4, -0.2) is 6.61 Å². The fraction of sp³-hybridized carbons (Fsp3) is 0.300. The van der Waals surface area contributed by atoms with Gasteiger partial charge >= 0.3 is 6.18 Å². The molecule has 0 aliphatic heterocycles. The zero-order valence-corrected chi connectivity index (χ0v) is 7.71. The van der Waals surface area contributed by atoms with Crippen molar-refractivity contribution in [2.45, 2.75) is 12.6 Å². The molecule has 80 valence electrons. The Morgan fingerprint density at radius 1 is 1.20 bits per heavy atom. The lowest BCUT2D eigenvalue weighted by Gasteiger charge is -2.07. The second-order valence-corrected chi connectivity index (χ2v) is 2.78. The van der Waals surface area contributed by atoms with Crippen molar-refractivity contribution in [3.05, 3.63) is 29.8 Å². The summed E-state index contributed by atoms with van der Waals surface area (Å²) in [6.07, 6.45) is -4.12. The highest BCUT2D eigenvalue weighted by atomic mass is 19.4. The molecular weight excluding hydrogens is 207 g/mol. The van der Waals surface area contributed by atoms with Crippen molar-refractivity contribution >= 4 is 0 Å². The van der Waals surface area contributed by atoms with E-state index in [1.165, 1.54) is 12.1 Å². The molecule has 0 aliphatic carbocycles. The van der Waals surface area contributed by atoms with Gasteiger partial charge < -0.3 is 4.74 Å². The molecule has 2 nitrogen and oxygen atoms in total. The predicted octanol–water partition coefficient (Wildman–Crippen LogP) is 3.00. The van der Waals surface area contributed by atoms with E-state index in [0.29, 0.717) is 5.75 Å². The molecule has 1 rings (SSSR count). The Morgan fingerprint density at radius 2 is 1.80 bits per heavy atom. The van der Waals surface area contributed by atoms with Crippen molar-refractivity contribution in [3.8, 4) is 11.8 Å². The van der Waals surface area contributed by atoms with Gasteiger partial charge in [-0.3, -0.25) is 0 Å². The smallest absolute Gasteiger partial charge is 0.416 e. The van der Waals surface area contributed by atoms with Gasteiger partial charge in [-0.2, -0.15) is 18.4 Å². The Bertz CT molecular complexity index is 350. The van der Waals surface area contributed by atoms with Gasteiger partial charge in [0.05, 0.1) is 18.1 Å². The van der Waals surface area contributed by atoms with Crippen molar-refractivity contribution in [1.29, 1.82) is 5.26 Å². The third-order valence-corrected chi connectivity index (χ3v) is 1.66. The summed E-state index contributed by atoms with van der Waals surface area (Å²) in [4.78, 5) is 0. The van der Waals surface area contributed by atoms with E-state index in [-0.39, 0.29) is 13.0 Å². The molecule has 0 bridgehead atoms. The largest absolute Gasteiger partial charge is 0.493 e. The molecule has 1 aromatic carbocycles. The van der Waals surface area contributed by atoms with Crippen LogP contribution in [0.2, 0.25) is 0 Å². The highest BCUT2D eigenvalue weighted by Gasteiger charge is 2.29. The first kappa shape index (κ1) is 11.4. The predicted molar refractivity (Wildman–Crippen MR) is 47.2 cm³/mol. The van der Waals surface area contributed by atoms with Crippen LogP contribution in [0.15, 0.2) is 24.3 Å². The van der Waals surface area contributed by atoms with E-state index in [2.05, 4.69) is 0 Å². The third kappa shape index (κ3) is 3.50. The van der Waals surface area contributed by atoms with Crippen LogP contribution in [0.1, 0.15) is 12.0 Å². The van der Waals surface area contributed by atoms with Crippen LogP contribution in [0.25, 0.3) is 0 Å². The van der Waals surface area contributed by atoms with Crippen LogP contribution >= 0.6 is 0 Å². The maximum Gasteiger partial charge on any atom is 0.416 e. The first-order valence-electron chi connectivity index (χ1n) is 4.21. The van der Waals surface area contributed by atoms with Crippen molar-refractivity contribution in [2.24, 2.45) is 0 Å². The van der Waals surface area contributed by atoms with Gasteiger partial charge in [-0.1, -0.05) is 0 Å². The molecule has 0 spiro atoms. The van der Waals surface area contributed by atoms with Gasteiger partial charge in [0.25, 0.3) is 0 Å². The fourth-order valence-corrected chi connectivity index (χ4v) is 0.955. The number of hydrogen-bond acceptors (Lipinski definition) is 2. The lowest BCUT2D eigenvalue weighted by atomic mass is 10.2. The molecule has 0 saturated carbocycles. The van der Waals surface area contributed by atoms with Crippen LogP contribution in [0.5, 0.6) is 5.75 Å². The minimum Gasteiger partial charge on any atom is -0.493 e. The van der Waals surface area contributed by atoms with E-state index < -0.39 is 11.7 Å². The van der Waals surface area contributed by atoms with Gasteiger partial charge in [0, 0.05) is 0 Å². The molecule has 0 radical (unpaired) electrons. The molecule has 0 fully saturated rings. The summed E-state index contributed by atoms with van der Waals surface area (Å²) in [6, 6.07) is 6.23. The minimum atomic E-state index is -4.33. The average Bonchev–Trinajstić information content (AvgIpc) is 2.18. The summed E-state index contributed by atoms with van der Waals surface area (Å²) in [6.45, 7) is 0.182. The summed E-state index contributed by atoms with van der Waals surface area (Å²) < 4.78 is 41.5. The molecule has 0 atom stereocenters. The maximum atomic E-state index is 12.1. The van der Waals surface area contributed by atoms with E-state index in [1.54, 1.807) is 0 Å². The Hall–Kier alpha value is -1.70. The Labute approximate surface area is 84.9 Å². The highest BCUT2D eigenvalue weighted by Crippen LogP contribution is 2.30. The van der Waals surface area contributed by atoms with Crippen LogP contribution in [0, 0.1) is 11.3 Å². The summed E-state index contributed by atoms with van der Waals surface area (Å²) >= 11 is 0. The van der Waals surface area contributed by atoms with Crippen molar-refractivity contribution < 1.29 is 17.9 Å². The lowest BCUT2D eigenvalue weighted by molar-refractivity contribution is -0.137. The standard InChI is InChI=1S/C10H8F3NO/c11-10(12,13)8-2-4-9(5-3-8)15-7-1-6-14/h2-5H,1,7H2. The number of benzene rings is 1. The summed E-state index contributed by atoms with van der Waals surface area (Å²) in [5, 5.41) is 8.22. The van der Waals surface area contributed by atoms with E-state index in [9.17, 15) is 13.2 Å². The second-order valence-electron chi connectivity index (χ2n) is 2.78. The molecule has 0 aromatic heterocycles. The average molecular weight is 215 g/mol. The molecule has 0 saturated heterocycles. The SMILES string of the molecule is N#CCCOc1ccc(C(F)(F)F)cc1. The molecule has 5 heteroatoms. The van der Waals surface area contributed by atoms with E-state index in [1.807, 2.05) is 6.07 Å². The number of hydrogen-bond donors (Lipinski definition) is 0. The zero-order chi connectivity index (χ0) is 11.3. The first-order valence-corrected chi connectivity index (χ1v) is 4.21. The van der Waals surface area contributed by atoms with Crippen LogP contribution < -0.4 is 4.74 Å². The highest BCUT2D eigenvalue weighted by molar-refractivity contribution is 5.28. The van der Waals surface area contributed by atoms with Crippen LogP contribution in [-0.2, 0) is 6.18 Å². The molecule has 0 aliphatic rings. The summed E-state index contributed by atoms with van der Waals surface area (Å²) in [7, 11) is 0. The Balaban J connectivity index is 2.61. The van der Waals surface area contributed by atoms with Gasteiger partial charge in [0.1, 0.15) is 12.4 Å². The molecule has 1 aromatic rings. The first-order chi connectivity index (χ1) is 7.04. The Kier molecular flexibility index (Phi) is 3.56. The van der Waals surface area contributed by atoms with Gasteiger partial charge in [0.2, 0.25) is 0 Å². The Morgan fingerprint density at radius 3 is 2.27 bits per heavy atom. The normalized spacial score (nSPS) is 10.8. The van der Waals surface area contributed by atoms with E-state index in [4.69, 9.17) is 10.00 Å². The van der Waals surface area contributed by atoms with Gasteiger partial charge in [-0.05, 0) is 24.3 Å². The van der Waals surface area contributed by atoms with Crippen molar-refractivity contribution in [2.75, 3.05) is 6.61 Å². The second kappa shape index (κ2) is 4.69. The monoisotopic (exact) mass is 215 g/mol. The number of nitriles is 1. The van der Waals surface area contributed by atoms with Crippen molar-refractivity contribution in [3.63, 3.8) is 0 Å². The maximum absolute atomic E-state index is 12.1. The number of alkyl halides is 3. The molecule has 0 amide bonds. The molecule has 15 heavy (non-hydrogen) atoms. The van der Waals surface area contributed by atoms with E-state index in [0.717, 1.165) is 12.1 Å². The van der Waals surface area contributed by atoms with Crippen molar-refractivity contribution in [1.82, 2.24) is 0 Å². The molecule has 0 heterocycles. The van der Waals surface area contributed by atoms with E-state index >= 15 is 0 Å². The quantitative estimate of drug-likeness (QED) is 0.726. The van der Waals surface area contributed by atoms with Gasteiger partial charge in [-0.25, -0.2) is 0 Å². The fourth-order valence-electron chi connectivity index (χ4n) is 0.955. The minimum absolute atomic E-state index is 0.182. The topological polar surface area (TPSA) is 33.0 Å². The summed E-state index contributed by atoms with van der Waals surface area (Å²) in [5.74, 6) is 0.332. The van der Waals surface area contributed by atoms with Crippen LogP contribution in [0.4, 0.5) is 13.2 Å². The molecule has 0 unspecified atom stereocenters. The molecular formula is C10H8F3NO. The number of rotatable bonds is 3. The van der Waals surface area contributed by atoms with Gasteiger partial charge in [-0.15, -0.1) is 0 Å². The third-order valence-electron chi connectivity index (χ3n) is 1.66. The number of halogens is 3. The lowest BCUT2D eigenvalue weighted by Crippen LogP contribution is -2.04. The number of ether oxygens (including phenoxy) is 1. The molecule has 0 N–H and O–H groups in total.